The molecule has 0 saturated carbocycles. The predicted molar refractivity (Wildman–Crippen MR) is 85.4 cm³/mol. The maximum absolute atomic E-state index is 13.4. The summed E-state index contributed by atoms with van der Waals surface area (Å²) in [4.78, 5) is 0. The molecular formula is C16H17FIN. The third kappa shape index (κ3) is 3.54. The van der Waals surface area contributed by atoms with E-state index in [1.807, 2.05) is 13.0 Å². The number of nitrogens with two attached hydrogens (primary N) is 1. The number of hydrogen-bond donors (Lipinski definition) is 1. The van der Waals surface area contributed by atoms with Crippen molar-refractivity contribution in [2.45, 2.75) is 25.3 Å². The highest BCUT2D eigenvalue weighted by atomic mass is 127. The van der Waals surface area contributed by atoms with Gasteiger partial charge in [-0.1, -0.05) is 31.2 Å². The van der Waals surface area contributed by atoms with Gasteiger partial charge in [-0.3, -0.25) is 0 Å². The van der Waals surface area contributed by atoms with Gasteiger partial charge in [-0.2, -0.15) is 0 Å². The van der Waals surface area contributed by atoms with E-state index in [1.54, 1.807) is 6.07 Å². The van der Waals surface area contributed by atoms with Gasteiger partial charge in [-0.25, -0.2) is 4.39 Å². The van der Waals surface area contributed by atoms with Crippen LogP contribution in [0.2, 0.25) is 0 Å². The van der Waals surface area contributed by atoms with Crippen LogP contribution in [0.4, 0.5) is 4.39 Å². The molecule has 0 aromatic heterocycles. The maximum Gasteiger partial charge on any atom is 0.123 e. The van der Waals surface area contributed by atoms with Gasteiger partial charge in [-0.05, 0) is 70.8 Å². The van der Waals surface area contributed by atoms with Crippen molar-refractivity contribution in [2.75, 3.05) is 0 Å². The summed E-state index contributed by atoms with van der Waals surface area (Å²) in [7, 11) is 0. The van der Waals surface area contributed by atoms with Crippen LogP contribution < -0.4 is 5.73 Å². The molecule has 1 nitrogen and oxygen atoms in total. The van der Waals surface area contributed by atoms with Crippen molar-refractivity contribution in [2.24, 2.45) is 5.73 Å². The molecule has 19 heavy (non-hydrogen) atoms. The van der Waals surface area contributed by atoms with Gasteiger partial charge in [-0.15, -0.1) is 0 Å². The molecule has 0 bridgehead atoms. The van der Waals surface area contributed by atoms with E-state index in [1.165, 1.54) is 21.3 Å². The Labute approximate surface area is 127 Å². The lowest BCUT2D eigenvalue weighted by atomic mass is 9.82. The molecule has 0 heterocycles. The van der Waals surface area contributed by atoms with Crippen LogP contribution in [0.3, 0.4) is 0 Å². The summed E-state index contributed by atoms with van der Waals surface area (Å²) in [5.41, 5.74) is 8.00. The molecule has 0 aliphatic carbocycles. The first kappa shape index (κ1) is 14.5. The van der Waals surface area contributed by atoms with Gasteiger partial charge in [0.2, 0.25) is 0 Å². The number of rotatable bonds is 4. The van der Waals surface area contributed by atoms with Crippen molar-refractivity contribution in [1.29, 1.82) is 0 Å². The van der Waals surface area contributed by atoms with E-state index in [9.17, 15) is 4.39 Å². The molecule has 0 aliphatic heterocycles. The molecule has 2 N–H and O–H groups in total. The van der Waals surface area contributed by atoms with E-state index in [2.05, 4.69) is 46.9 Å². The molecule has 3 heteroatoms. The fraction of sp³-hybridized carbons (Fsp3) is 0.250. The van der Waals surface area contributed by atoms with Crippen LogP contribution >= 0.6 is 22.6 Å². The van der Waals surface area contributed by atoms with E-state index >= 15 is 0 Å². The Morgan fingerprint density at radius 3 is 2.42 bits per heavy atom. The smallest absolute Gasteiger partial charge is 0.123 e. The standard InChI is InChI=1S/C16H17FIN/c1-2-16(19,13-4-3-5-14(17)10-13)11-12-6-8-15(18)9-7-12/h3-10H,2,11,19H2,1H3. The highest BCUT2D eigenvalue weighted by Gasteiger charge is 2.25. The molecule has 2 aromatic carbocycles. The monoisotopic (exact) mass is 369 g/mol. The molecule has 0 saturated heterocycles. The largest absolute Gasteiger partial charge is 0.321 e. The zero-order chi connectivity index (χ0) is 13.9. The van der Waals surface area contributed by atoms with Gasteiger partial charge in [0, 0.05) is 9.11 Å². The minimum atomic E-state index is -0.519. The van der Waals surface area contributed by atoms with E-state index in [4.69, 9.17) is 5.73 Å². The molecule has 2 aromatic rings. The highest BCUT2D eigenvalue weighted by molar-refractivity contribution is 14.1. The maximum atomic E-state index is 13.4. The molecule has 2 rings (SSSR count). The van der Waals surface area contributed by atoms with Gasteiger partial charge in [0.25, 0.3) is 0 Å². The van der Waals surface area contributed by atoms with Crippen molar-refractivity contribution < 1.29 is 4.39 Å². The van der Waals surface area contributed by atoms with Crippen molar-refractivity contribution in [1.82, 2.24) is 0 Å². The summed E-state index contributed by atoms with van der Waals surface area (Å²) >= 11 is 2.28. The molecule has 0 fully saturated rings. The van der Waals surface area contributed by atoms with Gasteiger partial charge < -0.3 is 5.73 Å². The normalized spacial score (nSPS) is 14.1. The summed E-state index contributed by atoms with van der Waals surface area (Å²) < 4.78 is 14.6. The third-order valence-electron chi connectivity index (χ3n) is 3.46. The highest BCUT2D eigenvalue weighted by Crippen LogP contribution is 2.27. The topological polar surface area (TPSA) is 26.0 Å². The molecule has 100 valence electrons. The first-order valence-corrected chi connectivity index (χ1v) is 7.41. The number of halogens is 2. The zero-order valence-corrected chi connectivity index (χ0v) is 13.0. The predicted octanol–water partition coefficient (Wildman–Crippen LogP) is 4.24. The van der Waals surface area contributed by atoms with E-state index in [0.717, 1.165) is 12.0 Å². The Hall–Kier alpha value is -0.940. The molecule has 0 spiro atoms. The first-order valence-electron chi connectivity index (χ1n) is 6.33. The summed E-state index contributed by atoms with van der Waals surface area (Å²) in [6.45, 7) is 2.04. The second-order valence-electron chi connectivity index (χ2n) is 4.82. The Bertz CT molecular complexity index is 553. The molecular weight excluding hydrogens is 352 g/mol. The van der Waals surface area contributed by atoms with E-state index in [-0.39, 0.29) is 5.82 Å². The van der Waals surface area contributed by atoms with Crippen molar-refractivity contribution in [3.63, 3.8) is 0 Å². The Balaban J connectivity index is 2.30. The van der Waals surface area contributed by atoms with Crippen molar-refractivity contribution in [3.8, 4) is 0 Å². The molecule has 1 unspecified atom stereocenters. The summed E-state index contributed by atoms with van der Waals surface area (Å²) in [6, 6.07) is 14.9. The van der Waals surface area contributed by atoms with Crippen LogP contribution in [-0.2, 0) is 12.0 Å². The minimum Gasteiger partial charge on any atom is -0.321 e. The SMILES string of the molecule is CCC(N)(Cc1ccc(I)cc1)c1cccc(F)c1. The fourth-order valence-corrected chi connectivity index (χ4v) is 2.56. The molecule has 0 aliphatic rings. The average molecular weight is 369 g/mol. The Morgan fingerprint density at radius 2 is 1.84 bits per heavy atom. The Morgan fingerprint density at radius 1 is 1.16 bits per heavy atom. The lowest BCUT2D eigenvalue weighted by molar-refractivity contribution is 0.422. The first-order chi connectivity index (χ1) is 9.03. The number of benzene rings is 2. The number of hydrogen-bond acceptors (Lipinski definition) is 1. The summed E-state index contributed by atoms with van der Waals surface area (Å²) in [5, 5.41) is 0. The lowest BCUT2D eigenvalue weighted by Crippen LogP contribution is -2.38. The van der Waals surface area contributed by atoms with Crippen LogP contribution in [0.5, 0.6) is 0 Å². The average Bonchev–Trinajstić information content (AvgIpc) is 2.41. The third-order valence-corrected chi connectivity index (χ3v) is 4.18. The lowest BCUT2D eigenvalue weighted by Gasteiger charge is -2.29. The van der Waals surface area contributed by atoms with Crippen molar-refractivity contribution >= 4 is 22.6 Å². The van der Waals surface area contributed by atoms with Crippen LogP contribution in [0.25, 0.3) is 0 Å². The van der Waals surface area contributed by atoms with Gasteiger partial charge in [0.05, 0.1) is 0 Å². The fourth-order valence-electron chi connectivity index (χ4n) is 2.20. The second kappa shape index (κ2) is 6.01. The van der Waals surface area contributed by atoms with Crippen molar-refractivity contribution in [3.05, 3.63) is 69.0 Å². The molecule has 0 radical (unpaired) electrons. The van der Waals surface area contributed by atoms with Gasteiger partial charge in [0.15, 0.2) is 0 Å². The Kier molecular flexibility index (Phi) is 4.58. The van der Waals surface area contributed by atoms with Gasteiger partial charge >= 0.3 is 0 Å². The van der Waals surface area contributed by atoms with E-state index in [0.29, 0.717) is 6.42 Å². The van der Waals surface area contributed by atoms with E-state index < -0.39 is 5.54 Å². The molecule has 0 amide bonds. The van der Waals surface area contributed by atoms with Crippen LogP contribution in [0, 0.1) is 9.39 Å². The summed E-state index contributed by atoms with van der Waals surface area (Å²) in [6.07, 6.45) is 1.48. The quantitative estimate of drug-likeness (QED) is 0.802. The zero-order valence-electron chi connectivity index (χ0n) is 10.9. The van der Waals surface area contributed by atoms with Gasteiger partial charge in [0.1, 0.15) is 5.82 Å². The van der Waals surface area contributed by atoms with Crippen LogP contribution in [0.15, 0.2) is 48.5 Å². The van der Waals surface area contributed by atoms with Crippen LogP contribution in [-0.4, -0.2) is 0 Å². The van der Waals surface area contributed by atoms with Crippen LogP contribution in [0.1, 0.15) is 24.5 Å². The minimum absolute atomic E-state index is 0.233. The summed E-state index contributed by atoms with van der Waals surface area (Å²) in [5.74, 6) is -0.233. The second-order valence-corrected chi connectivity index (χ2v) is 6.07. The molecule has 1 atom stereocenters.